The Kier molecular flexibility index (Phi) is 4.47. The van der Waals surface area contributed by atoms with E-state index >= 15 is 0 Å². The van der Waals surface area contributed by atoms with Crippen molar-refractivity contribution in [2.45, 2.75) is 26.4 Å². The molecule has 1 aromatic carbocycles. The van der Waals surface area contributed by atoms with Crippen molar-refractivity contribution >= 4 is 5.69 Å². The van der Waals surface area contributed by atoms with Crippen LogP contribution in [0.1, 0.15) is 26.3 Å². The maximum Gasteiger partial charge on any atom is 0.124 e. The van der Waals surface area contributed by atoms with E-state index in [1.165, 1.54) is 12.1 Å². The van der Waals surface area contributed by atoms with Gasteiger partial charge in [0.25, 0.3) is 0 Å². The van der Waals surface area contributed by atoms with Crippen molar-refractivity contribution in [2.75, 3.05) is 18.5 Å². The van der Waals surface area contributed by atoms with Crippen LogP contribution in [0.15, 0.2) is 18.2 Å². The van der Waals surface area contributed by atoms with Crippen LogP contribution in [0.5, 0.6) is 0 Å². The van der Waals surface area contributed by atoms with E-state index in [9.17, 15) is 4.39 Å². The molecule has 0 saturated carbocycles. The van der Waals surface area contributed by atoms with Gasteiger partial charge in [0.1, 0.15) is 11.9 Å². The van der Waals surface area contributed by atoms with E-state index in [-0.39, 0.29) is 5.60 Å². The molecule has 0 aliphatic rings. The average Bonchev–Trinajstić information content (AvgIpc) is 2.24. The second kappa shape index (κ2) is 5.65. The highest BCUT2D eigenvalue weighted by molar-refractivity contribution is 5.57. The molecule has 3 nitrogen and oxygen atoms in total. The van der Waals surface area contributed by atoms with E-state index in [1.807, 2.05) is 26.8 Å². The number of anilines is 1. The van der Waals surface area contributed by atoms with E-state index in [1.54, 1.807) is 6.07 Å². The number of ether oxygens (including phenoxy) is 1. The fraction of sp³-hybridized carbons (Fsp3) is 0.462. The van der Waals surface area contributed by atoms with E-state index < -0.39 is 5.82 Å². The summed E-state index contributed by atoms with van der Waals surface area (Å²) in [6.45, 7) is 7.05. The monoisotopic (exact) mass is 236 g/mol. The second-order valence-corrected chi connectivity index (χ2v) is 4.69. The third kappa shape index (κ3) is 4.83. The normalized spacial score (nSPS) is 11.0. The van der Waals surface area contributed by atoms with Gasteiger partial charge < -0.3 is 10.1 Å². The predicted octanol–water partition coefficient (Wildman–Crippen LogP) is 2.92. The van der Waals surface area contributed by atoms with Crippen LogP contribution < -0.4 is 5.32 Å². The Hall–Kier alpha value is -1.60. The Morgan fingerprint density at radius 1 is 1.41 bits per heavy atom. The van der Waals surface area contributed by atoms with Crippen LogP contribution in [0.3, 0.4) is 0 Å². The molecule has 0 atom stereocenters. The molecule has 0 aliphatic heterocycles. The summed E-state index contributed by atoms with van der Waals surface area (Å²) in [5.74, 6) is -0.405. The van der Waals surface area contributed by atoms with E-state index in [0.717, 1.165) is 0 Å². The lowest BCUT2D eigenvalue weighted by Gasteiger charge is -2.19. The molecule has 1 rings (SSSR count). The lowest BCUT2D eigenvalue weighted by atomic mass is 10.2. The first kappa shape index (κ1) is 13.5. The molecular weight excluding hydrogens is 219 g/mol. The van der Waals surface area contributed by atoms with Gasteiger partial charge in [-0.25, -0.2) is 4.39 Å². The summed E-state index contributed by atoms with van der Waals surface area (Å²) in [6.07, 6.45) is 0. The topological polar surface area (TPSA) is 45.0 Å². The summed E-state index contributed by atoms with van der Waals surface area (Å²) >= 11 is 0. The van der Waals surface area contributed by atoms with Crippen molar-refractivity contribution in [3.8, 4) is 6.07 Å². The third-order valence-electron chi connectivity index (χ3n) is 2.05. The number of rotatable bonds is 4. The highest BCUT2D eigenvalue weighted by atomic mass is 19.1. The Labute approximate surface area is 101 Å². The molecule has 1 aromatic rings. The number of nitrogens with zero attached hydrogens (tertiary/aromatic N) is 1. The van der Waals surface area contributed by atoms with Crippen molar-refractivity contribution < 1.29 is 9.13 Å². The zero-order valence-electron chi connectivity index (χ0n) is 10.4. The second-order valence-electron chi connectivity index (χ2n) is 4.69. The fourth-order valence-corrected chi connectivity index (χ4v) is 1.31. The quantitative estimate of drug-likeness (QED) is 0.817. The molecule has 0 fully saturated rings. The number of hydrogen-bond acceptors (Lipinski definition) is 3. The summed E-state index contributed by atoms with van der Waals surface area (Å²) in [6, 6.07) is 6.05. The molecule has 0 aromatic heterocycles. The Balaban J connectivity index is 2.50. The van der Waals surface area contributed by atoms with E-state index in [0.29, 0.717) is 24.4 Å². The van der Waals surface area contributed by atoms with E-state index in [2.05, 4.69) is 5.32 Å². The molecule has 0 saturated heterocycles. The molecule has 1 N–H and O–H groups in total. The molecule has 4 heteroatoms. The van der Waals surface area contributed by atoms with Crippen molar-refractivity contribution in [3.05, 3.63) is 29.6 Å². The summed E-state index contributed by atoms with van der Waals surface area (Å²) in [5, 5.41) is 11.9. The smallest absolute Gasteiger partial charge is 0.124 e. The highest BCUT2D eigenvalue weighted by Gasteiger charge is 2.09. The molecule has 0 aliphatic carbocycles. The SMILES string of the molecule is CC(C)(C)OCCNc1ccc(F)cc1C#N. The molecular formula is C13H17FN2O. The van der Waals surface area contributed by atoms with Crippen LogP contribution >= 0.6 is 0 Å². The van der Waals surface area contributed by atoms with Crippen molar-refractivity contribution in [1.82, 2.24) is 0 Å². The van der Waals surface area contributed by atoms with Crippen molar-refractivity contribution in [2.24, 2.45) is 0 Å². The van der Waals surface area contributed by atoms with Gasteiger partial charge in [0.05, 0.1) is 23.5 Å². The molecule has 0 heterocycles. The van der Waals surface area contributed by atoms with Gasteiger partial charge in [-0.3, -0.25) is 0 Å². The standard InChI is InChI=1S/C13H17FN2O/c1-13(2,3)17-7-6-16-12-5-4-11(14)8-10(12)9-15/h4-5,8,16H,6-7H2,1-3H3. The minimum Gasteiger partial charge on any atom is -0.382 e. The summed E-state index contributed by atoms with van der Waals surface area (Å²) in [7, 11) is 0. The van der Waals surface area contributed by atoms with Crippen LogP contribution in [-0.4, -0.2) is 18.8 Å². The maximum absolute atomic E-state index is 12.9. The average molecular weight is 236 g/mol. The van der Waals surface area contributed by atoms with Gasteiger partial charge in [-0.2, -0.15) is 5.26 Å². The number of halogens is 1. The minimum atomic E-state index is -0.405. The molecule has 0 amide bonds. The summed E-state index contributed by atoms with van der Waals surface area (Å²) in [5.41, 5.74) is 0.759. The minimum absolute atomic E-state index is 0.178. The van der Waals surface area contributed by atoms with Gasteiger partial charge in [0, 0.05) is 6.54 Å². The zero-order valence-corrected chi connectivity index (χ0v) is 10.4. The van der Waals surface area contributed by atoms with Gasteiger partial charge in [0.2, 0.25) is 0 Å². The molecule has 0 unspecified atom stereocenters. The summed E-state index contributed by atoms with van der Waals surface area (Å²) in [4.78, 5) is 0. The van der Waals surface area contributed by atoms with Gasteiger partial charge >= 0.3 is 0 Å². The number of hydrogen-bond donors (Lipinski definition) is 1. The largest absolute Gasteiger partial charge is 0.382 e. The lowest BCUT2D eigenvalue weighted by Crippen LogP contribution is -2.23. The van der Waals surface area contributed by atoms with Crippen LogP contribution in [0.25, 0.3) is 0 Å². The van der Waals surface area contributed by atoms with E-state index in [4.69, 9.17) is 10.00 Å². The van der Waals surface area contributed by atoms with Crippen LogP contribution in [-0.2, 0) is 4.74 Å². The fourth-order valence-electron chi connectivity index (χ4n) is 1.31. The van der Waals surface area contributed by atoms with Crippen LogP contribution in [0, 0.1) is 17.1 Å². The number of nitrogens with one attached hydrogen (secondary N) is 1. The van der Waals surface area contributed by atoms with Gasteiger partial charge in [0.15, 0.2) is 0 Å². The van der Waals surface area contributed by atoms with Crippen molar-refractivity contribution in [3.63, 3.8) is 0 Å². The van der Waals surface area contributed by atoms with Crippen molar-refractivity contribution in [1.29, 1.82) is 5.26 Å². The molecule has 0 spiro atoms. The van der Waals surface area contributed by atoms with Crippen LogP contribution in [0.2, 0.25) is 0 Å². The Bertz CT molecular complexity index is 418. The first-order valence-corrected chi connectivity index (χ1v) is 5.50. The first-order chi connectivity index (χ1) is 7.92. The predicted molar refractivity (Wildman–Crippen MR) is 65.3 cm³/mol. The Morgan fingerprint density at radius 2 is 2.12 bits per heavy atom. The highest BCUT2D eigenvalue weighted by Crippen LogP contribution is 2.15. The third-order valence-corrected chi connectivity index (χ3v) is 2.05. The van der Waals surface area contributed by atoms with Crippen LogP contribution in [0.4, 0.5) is 10.1 Å². The molecule has 92 valence electrons. The van der Waals surface area contributed by atoms with Gasteiger partial charge in [-0.1, -0.05) is 0 Å². The zero-order chi connectivity index (χ0) is 12.9. The molecule has 0 bridgehead atoms. The number of benzene rings is 1. The maximum atomic E-state index is 12.9. The summed E-state index contributed by atoms with van der Waals surface area (Å²) < 4.78 is 18.4. The van der Waals surface area contributed by atoms with Gasteiger partial charge in [-0.15, -0.1) is 0 Å². The first-order valence-electron chi connectivity index (χ1n) is 5.50. The molecule has 0 radical (unpaired) electrons. The number of nitriles is 1. The molecule has 17 heavy (non-hydrogen) atoms. The lowest BCUT2D eigenvalue weighted by molar-refractivity contribution is 0.00333. The van der Waals surface area contributed by atoms with Gasteiger partial charge in [-0.05, 0) is 39.0 Å². The Morgan fingerprint density at radius 3 is 2.71 bits per heavy atom.